The minimum Gasteiger partial charge on any atom is -0.612 e. The van der Waals surface area contributed by atoms with Gasteiger partial charge in [0.2, 0.25) is 5.95 Å². The maximum atomic E-state index is 14.2. The number of carbonyl (C=O) groups excluding carboxylic acids is 1. The van der Waals surface area contributed by atoms with Crippen LogP contribution in [-0.2, 0) is 15.9 Å². The van der Waals surface area contributed by atoms with Gasteiger partial charge in [0.1, 0.15) is 12.1 Å². The predicted molar refractivity (Wildman–Crippen MR) is 128 cm³/mol. The number of methoxy groups -OCH3 is 1. The largest absolute Gasteiger partial charge is 0.612 e. The lowest BCUT2D eigenvalue weighted by molar-refractivity contribution is 0.0724. The van der Waals surface area contributed by atoms with Crippen LogP contribution in [0.15, 0.2) is 66.0 Å². The number of hydrogen-bond acceptors (Lipinski definition) is 5. The summed E-state index contributed by atoms with van der Waals surface area (Å²) in [6.07, 6.45) is 7.30. The maximum Gasteiger partial charge on any atom is 0.254 e. The van der Waals surface area contributed by atoms with Gasteiger partial charge in [-0.1, -0.05) is 18.2 Å². The number of amides is 1. The molecule has 2 aromatic heterocycles. The molecule has 0 N–H and O–H groups in total. The van der Waals surface area contributed by atoms with Crippen molar-refractivity contribution >= 4 is 28.0 Å². The molecule has 0 spiro atoms. The zero-order valence-electron chi connectivity index (χ0n) is 18.8. The fourth-order valence-electron chi connectivity index (χ4n) is 4.29. The Morgan fingerprint density at radius 3 is 2.65 bits per heavy atom. The average molecular weight is 479 g/mol. The quantitative estimate of drug-likeness (QED) is 0.407. The summed E-state index contributed by atoms with van der Waals surface area (Å²) in [5.74, 6) is -0.0918. The van der Waals surface area contributed by atoms with E-state index in [4.69, 9.17) is 4.74 Å². The van der Waals surface area contributed by atoms with Crippen molar-refractivity contribution in [3.63, 3.8) is 0 Å². The van der Waals surface area contributed by atoms with E-state index in [1.165, 1.54) is 6.07 Å². The van der Waals surface area contributed by atoms with Gasteiger partial charge in [0.05, 0.1) is 23.2 Å². The van der Waals surface area contributed by atoms with Gasteiger partial charge in [0, 0.05) is 49.3 Å². The molecule has 1 fully saturated rings. The summed E-state index contributed by atoms with van der Waals surface area (Å²) in [4.78, 5) is 24.4. The first-order valence-electron chi connectivity index (χ1n) is 10.8. The molecule has 34 heavy (non-hydrogen) atoms. The number of benzene rings is 2. The van der Waals surface area contributed by atoms with Gasteiger partial charge in [-0.2, -0.15) is 0 Å². The van der Waals surface area contributed by atoms with Crippen LogP contribution in [0.3, 0.4) is 0 Å². The summed E-state index contributed by atoms with van der Waals surface area (Å²) in [7, 11) is 1.65. The molecule has 9 heteroatoms. The van der Waals surface area contributed by atoms with E-state index in [1.54, 1.807) is 71.8 Å². The normalized spacial score (nSPS) is 16.8. The third-order valence-corrected chi connectivity index (χ3v) is 7.07. The van der Waals surface area contributed by atoms with Gasteiger partial charge in [0.25, 0.3) is 5.91 Å². The van der Waals surface area contributed by atoms with Crippen LogP contribution >= 0.6 is 0 Å². The highest BCUT2D eigenvalue weighted by atomic mass is 32.2. The Kier molecular flexibility index (Phi) is 6.07. The molecule has 7 nitrogen and oxygen atoms in total. The molecule has 4 aromatic rings. The maximum absolute atomic E-state index is 14.2. The van der Waals surface area contributed by atoms with Gasteiger partial charge in [0.15, 0.2) is 4.90 Å². The van der Waals surface area contributed by atoms with Gasteiger partial charge >= 0.3 is 0 Å². The second-order valence-electron chi connectivity index (χ2n) is 8.20. The highest BCUT2D eigenvalue weighted by molar-refractivity contribution is 7.91. The molecule has 1 aliphatic heterocycles. The molecule has 2 unspecified atom stereocenters. The van der Waals surface area contributed by atoms with E-state index in [9.17, 15) is 13.7 Å². The van der Waals surface area contributed by atoms with Crippen molar-refractivity contribution in [3.05, 3.63) is 72.4 Å². The molecular formula is C25H23FN4O3S. The summed E-state index contributed by atoms with van der Waals surface area (Å²) in [6.45, 7) is 1.19. The van der Waals surface area contributed by atoms with Crippen molar-refractivity contribution in [1.29, 1.82) is 0 Å². The molecule has 2 atom stereocenters. The summed E-state index contributed by atoms with van der Waals surface area (Å²) in [5.41, 5.74) is 2.17. The molecule has 3 heterocycles. The first kappa shape index (κ1) is 22.5. The lowest BCUT2D eigenvalue weighted by Crippen LogP contribution is -2.29. The van der Waals surface area contributed by atoms with Crippen molar-refractivity contribution in [2.75, 3.05) is 26.5 Å². The second kappa shape index (κ2) is 9.17. The van der Waals surface area contributed by atoms with E-state index in [2.05, 4.69) is 9.97 Å². The Morgan fingerprint density at radius 2 is 1.97 bits per heavy atom. The van der Waals surface area contributed by atoms with Crippen molar-refractivity contribution in [2.24, 2.45) is 0 Å². The number of fused-ring (bicyclic) bond motifs is 1. The monoisotopic (exact) mass is 478 g/mol. The fraction of sp³-hybridized carbons (Fsp3) is 0.240. The Morgan fingerprint density at radius 1 is 1.21 bits per heavy atom. The van der Waals surface area contributed by atoms with E-state index < -0.39 is 11.2 Å². The zero-order chi connectivity index (χ0) is 23.8. The highest BCUT2D eigenvalue weighted by Crippen LogP contribution is 2.30. The van der Waals surface area contributed by atoms with Crippen LogP contribution in [0.5, 0.6) is 0 Å². The molecule has 0 bridgehead atoms. The SMILES string of the molecule is COC1CCN(C(=O)c2ccc3c([S+](C)[O-])cn(-c4ncc(-c5ccccc5F)cn4)c3c2)C1. The van der Waals surface area contributed by atoms with Gasteiger partial charge < -0.3 is 14.2 Å². The molecule has 1 saturated heterocycles. The summed E-state index contributed by atoms with van der Waals surface area (Å²) in [5, 5.41) is 0.760. The number of rotatable bonds is 5. The summed E-state index contributed by atoms with van der Waals surface area (Å²) >= 11 is -1.26. The van der Waals surface area contributed by atoms with E-state index in [-0.39, 0.29) is 17.8 Å². The first-order chi connectivity index (χ1) is 16.5. The van der Waals surface area contributed by atoms with Crippen molar-refractivity contribution < 1.29 is 18.5 Å². The van der Waals surface area contributed by atoms with Crippen LogP contribution in [0.4, 0.5) is 4.39 Å². The minimum atomic E-state index is -1.26. The van der Waals surface area contributed by atoms with Crippen LogP contribution in [0.1, 0.15) is 16.8 Å². The Labute approximate surface area is 199 Å². The topological polar surface area (TPSA) is 83.3 Å². The average Bonchev–Trinajstić information content (AvgIpc) is 3.49. The van der Waals surface area contributed by atoms with Gasteiger partial charge in [-0.3, -0.25) is 9.36 Å². The second-order valence-corrected chi connectivity index (χ2v) is 9.55. The third kappa shape index (κ3) is 4.06. The summed E-state index contributed by atoms with van der Waals surface area (Å²) < 4.78 is 33.7. The molecule has 1 aliphatic rings. The molecule has 0 radical (unpaired) electrons. The van der Waals surface area contributed by atoms with Crippen LogP contribution < -0.4 is 0 Å². The number of likely N-dealkylation sites (tertiary alicyclic amines) is 1. The standard InChI is InChI=1S/C25H23FN4O3S/c1-33-18-9-10-29(14-18)24(31)16-7-8-20-22(11-16)30(15-23(20)34(2)32)25-27-12-17(13-28-25)19-5-3-4-6-21(19)26/h3-8,11-13,15,18H,9-10,14H2,1-2H3. The highest BCUT2D eigenvalue weighted by Gasteiger charge is 2.28. The van der Waals surface area contributed by atoms with Gasteiger partial charge in [-0.15, -0.1) is 0 Å². The van der Waals surface area contributed by atoms with Crippen molar-refractivity contribution in [2.45, 2.75) is 17.4 Å². The smallest absolute Gasteiger partial charge is 0.254 e. The molecule has 5 rings (SSSR count). The summed E-state index contributed by atoms with van der Waals surface area (Å²) in [6, 6.07) is 11.8. The van der Waals surface area contributed by atoms with Crippen LogP contribution in [0.25, 0.3) is 28.0 Å². The number of aromatic nitrogens is 3. The number of carbonyl (C=O) groups is 1. The predicted octanol–water partition coefficient (Wildman–Crippen LogP) is 3.82. The molecule has 1 amide bonds. The molecular weight excluding hydrogens is 455 g/mol. The lowest BCUT2D eigenvalue weighted by atomic mass is 10.1. The minimum absolute atomic E-state index is 0.0482. The van der Waals surface area contributed by atoms with Crippen LogP contribution in [0.2, 0.25) is 0 Å². The van der Waals surface area contributed by atoms with Crippen LogP contribution in [-0.4, -0.2) is 62.5 Å². The zero-order valence-corrected chi connectivity index (χ0v) is 19.6. The Bertz CT molecular complexity index is 1360. The molecule has 2 aromatic carbocycles. The fourth-order valence-corrected chi connectivity index (χ4v) is 5.03. The van der Waals surface area contributed by atoms with Crippen molar-refractivity contribution in [1.82, 2.24) is 19.4 Å². The number of nitrogens with zero attached hydrogens (tertiary/aromatic N) is 4. The Balaban J connectivity index is 1.54. The molecule has 0 saturated carbocycles. The van der Waals surface area contributed by atoms with Crippen LogP contribution in [0, 0.1) is 5.82 Å². The number of hydrogen-bond donors (Lipinski definition) is 0. The van der Waals surface area contributed by atoms with E-state index in [1.807, 2.05) is 6.07 Å². The van der Waals surface area contributed by atoms with E-state index in [0.29, 0.717) is 46.1 Å². The van der Waals surface area contributed by atoms with Crippen molar-refractivity contribution in [3.8, 4) is 17.1 Å². The van der Waals surface area contributed by atoms with E-state index >= 15 is 0 Å². The number of ether oxygens (including phenoxy) is 1. The molecule has 174 valence electrons. The lowest BCUT2D eigenvalue weighted by Gasteiger charge is -2.16. The number of halogens is 1. The molecule has 0 aliphatic carbocycles. The first-order valence-corrected chi connectivity index (χ1v) is 12.4. The van der Waals surface area contributed by atoms with Gasteiger partial charge in [-0.05, 0) is 41.9 Å². The van der Waals surface area contributed by atoms with E-state index in [0.717, 1.165) is 11.8 Å². The Hall–Kier alpha value is -3.27. The third-order valence-electron chi connectivity index (χ3n) is 6.13. The van der Waals surface area contributed by atoms with Gasteiger partial charge in [-0.25, -0.2) is 14.4 Å².